The Labute approximate surface area is 90.9 Å². The normalized spacial score (nSPS) is 24.9. The molecule has 0 spiro atoms. The topological polar surface area (TPSA) is 30.5 Å². The first-order valence-electron chi connectivity index (χ1n) is 5.39. The Bertz CT molecular complexity index is 140. The van der Waals surface area contributed by atoms with Crippen molar-refractivity contribution in [3.63, 3.8) is 0 Å². The van der Waals surface area contributed by atoms with E-state index in [-0.39, 0.29) is 0 Å². The maximum atomic E-state index is 5.73. The molecule has 0 saturated carbocycles. The Hall–Kier alpha value is 0.230. The average molecular weight is 219 g/mol. The fourth-order valence-corrected chi connectivity index (χ4v) is 2.48. The Balaban J connectivity index is 2.30. The summed E-state index contributed by atoms with van der Waals surface area (Å²) < 4.78 is 11.2. The molecule has 0 aliphatic carbocycles. The maximum absolute atomic E-state index is 5.73. The Morgan fingerprint density at radius 2 is 2.43 bits per heavy atom. The van der Waals surface area contributed by atoms with Gasteiger partial charge in [-0.25, -0.2) is 0 Å². The van der Waals surface area contributed by atoms with Crippen LogP contribution in [0, 0.1) is 0 Å². The first-order chi connectivity index (χ1) is 6.88. The highest BCUT2D eigenvalue weighted by Gasteiger charge is 2.23. The smallest absolute Gasteiger partial charge is 0.0841 e. The average Bonchev–Trinajstić information content (AvgIpc) is 2.25. The number of hydrogen-bond donors (Lipinski definition) is 1. The van der Waals surface area contributed by atoms with Crippen molar-refractivity contribution in [2.75, 3.05) is 37.9 Å². The quantitative estimate of drug-likeness (QED) is 0.725. The number of rotatable bonds is 6. The summed E-state index contributed by atoms with van der Waals surface area (Å²) in [5.41, 5.74) is 0. The zero-order valence-electron chi connectivity index (χ0n) is 9.12. The molecule has 84 valence electrons. The van der Waals surface area contributed by atoms with Gasteiger partial charge >= 0.3 is 0 Å². The molecule has 1 saturated heterocycles. The second kappa shape index (κ2) is 7.51. The molecule has 0 aromatic rings. The van der Waals surface area contributed by atoms with Crippen LogP contribution in [0.15, 0.2) is 0 Å². The fourth-order valence-electron chi connectivity index (χ4n) is 1.54. The van der Waals surface area contributed by atoms with E-state index in [4.69, 9.17) is 9.47 Å². The van der Waals surface area contributed by atoms with E-state index < -0.39 is 0 Å². The molecule has 1 rings (SSSR count). The van der Waals surface area contributed by atoms with Crippen molar-refractivity contribution in [3.05, 3.63) is 0 Å². The van der Waals surface area contributed by atoms with Crippen LogP contribution in [0.3, 0.4) is 0 Å². The van der Waals surface area contributed by atoms with Gasteiger partial charge in [-0.3, -0.25) is 0 Å². The van der Waals surface area contributed by atoms with Crippen LogP contribution >= 0.6 is 11.8 Å². The largest absolute Gasteiger partial charge is 0.380 e. The molecule has 0 bridgehead atoms. The summed E-state index contributed by atoms with van der Waals surface area (Å²) in [6, 6.07) is 0.354. The molecule has 0 radical (unpaired) electrons. The van der Waals surface area contributed by atoms with E-state index >= 15 is 0 Å². The predicted molar refractivity (Wildman–Crippen MR) is 61.0 cm³/mol. The Kier molecular flexibility index (Phi) is 6.60. The van der Waals surface area contributed by atoms with Crippen LogP contribution in [0.5, 0.6) is 0 Å². The first-order valence-corrected chi connectivity index (χ1v) is 6.54. The van der Waals surface area contributed by atoms with Crippen molar-refractivity contribution in [1.29, 1.82) is 0 Å². The number of nitrogens with one attached hydrogen (secondary N) is 1. The van der Waals surface area contributed by atoms with Crippen molar-refractivity contribution < 1.29 is 9.47 Å². The van der Waals surface area contributed by atoms with Gasteiger partial charge in [0.15, 0.2) is 0 Å². The third-order valence-electron chi connectivity index (χ3n) is 2.26. The summed E-state index contributed by atoms with van der Waals surface area (Å²) in [4.78, 5) is 0. The highest BCUT2D eigenvalue weighted by atomic mass is 32.2. The van der Waals surface area contributed by atoms with Gasteiger partial charge < -0.3 is 14.8 Å². The van der Waals surface area contributed by atoms with Gasteiger partial charge in [-0.1, -0.05) is 6.92 Å². The molecular weight excluding hydrogens is 198 g/mol. The minimum atomic E-state index is 0.320. The van der Waals surface area contributed by atoms with Gasteiger partial charge in [-0.05, 0) is 13.5 Å². The first kappa shape index (κ1) is 12.3. The number of likely N-dealkylation sites (N-methyl/N-ethyl adjacent to an activating group) is 1. The van der Waals surface area contributed by atoms with Crippen LogP contribution in [0.4, 0.5) is 0 Å². The zero-order valence-corrected chi connectivity index (χ0v) is 9.94. The lowest BCUT2D eigenvalue weighted by atomic mass is 10.2. The van der Waals surface area contributed by atoms with E-state index in [1.807, 2.05) is 18.7 Å². The van der Waals surface area contributed by atoms with Crippen molar-refractivity contribution in [2.45, 2.75) is 26.0 Å². The Morgan fingerprint density at radius 3 is 3.00 bits per heavy atom. The van der Waals surface area contributed by atoms with Crippen molar-refractivity contribution in [2.24, 2.45) is 0 Å². The van der Waals surface area contributed by atoms with Crippen molar-refractivity contribution in [3.8, 4) is 0 Å². The van der Waals surface area contributed by atoms with E-state index in [0.717, 1.165) is 37.9 Å². The second-order valence-electron chi connectivity index (χ2n) is 3.31. The number of hydrogen-bond acceptors (Lipinski definition) is 4. The minimum Gasteiger partial charge on any atom is -0.380 e. The molecule has 2 unspecified atom stereocenters. The van der Waals surface area contributed by atoms with Gasteiger partial charge in [0.25, 0.3) is 0 Å². The molecule has 1 fully saturated rings. The molecule has 0 aromatic heterocycles. The van der Waals surface area contributed by atoms with Crippen molar-refractivity contribution >= 4 is 11.8 Å². The minimum absolute atomic E-state index is 0.320. The monoisotopic (exact) mass is 219 g/mol. The summed E-state index contributed by atoms with van der Waals surface area (Å²) in [5.74, 6) is 2.22. The second-order valence-corrected chi connectivity index (χ2v) is 4.46. The summed E-state index contributed by atoms with van der Waals surface area (Å²) in [5, 5.41) is 3.42. The molecule has 3 nitrogen and oxygen atoms in total. The highest BCUT2D eigenvalue weighted by Crippen LogP contribution is 2.15. The van der Waals surface area contributed by atoms with E-state index in [0.29, 0.717) is 12.1 Å². The van der Waals surface area contributed by atoms with Gasteiger partial charge in [0.2, 0.25) is 0 Å². The molecule has 4 heteroatoms. The van der Waals surface area contributed by atoms with Crippen LogP contribution in [-0.4, -0.2) is 50.0 Å². The zero-order chi connectivity index (χ0) is 10.2. The van der Waals surface area contributed by atoms with Crippen molar-refractivity contribution in [1.82, 2.24) is 5.32 Å². The lowest BCUT2D eigenvalue weighted by molar-refractivity contribution is 0.0130. The molecule has 1 heterocycles. The van der Waals surface area contributed by atoms with Crippen LogP contribution in [-0.2, 0) is 9.47 Å². The molecule has 1 N–H and O–H groups in total. The lowest BCUT2D eigenvalue weighted by Crippen LogP contribution is -2.47. The van der Waals surface area contributed by atoms with Crippen LogP contribution < -0.4 is 5.32 Å². The summed E-state index contributed by atoms with van der Waals surface area (Å²) >= 11 is 1.97. The fraction of sp³-hybridized carbons (Fsp3) is 1.00. The predicted octanol–water partition coefficient (Wildman–Crippen LogP) is 1.13. The molecule has 14 heavy (non-hydrogen) atoms. The molecule has 1 aliphatic rings. The standard InChI is InChI=1S/C10H21NO2S/c1-3-11-9(7-12-4-2)10-8-14-6-5-13-10/h9-11H,3-8H2,1-2H3. The molecule has 0 aromatic carbocycles. The van der Waals surface area contributed by atoms with Gasteiger partial charge in [0, 0.05) is 18.1 Å². The van der Waals surface area contributed by atoms with Gasteiger partial charge in [0.05, 0.1) is 25.4 Å². The van der Waals surface area contributed by atoms with E-state index in [9.17, 15) is 0 Å². The van der Waals surface area contributed by atoms with Crippen LogP contribution in [0.25, 0.3) is 0 Å². The lowest BCUT2D eigenvalue weighted by Gasteiger charge is -2.30. The van der Waals surface area contributed by atoms with Gasteiger partial charge in [-0.15, -0.1) is 0 Å². The molecular formula is C10H21NO2S. The van der Waals surface area contributed by atoms with Crippen LogP contribution in [0.1, 0.15) is 13.8 Å². The Morgan fingerprint density at radius 1 is 1.57 bits per heavy atom. The van der Waals surface area contributed by atoms with Crippen LogP contribution in [0.2, 0.25) is 0 Å². The SMILES string of the molecule is CCNC(COCC)C1CSCCO1. The van der Waals surface area contributed by atoms with E-state index in [1.54, 1.807) is 0 Å². The van der Waals surface area contributed by atoms with E-state index in [2.05, 4.69) is 12.2 Å². The van der Waals surface area contributed by atoms with Gasteiger partial charge in [-0.2, -0.15) is 11.8 Å². The maximum Gasteiger partial charge on any atom is 0.0841 e. The third-order valence-corrected chi connectivity index (χ3v) is 3.28. The third kappa shape index (κ3) is 4.17. The molecule has 2 atom stereocenters. The highest BCUT2D eigenvalue weighted by molar-refractivity contribution is 7.99. The van der Waals surface area contributed by atoms with E-state index in [1.165, 1.54) is 0 Å². The summed E-state index contributed by atoms with van der Waals surface area (Å²) in [6.07, 6.45) is 0.320. The molecule has 1 aliphatic heterocycles. The van der Waals surface area contributed by atoms with Gasteiger partial charge in [0.1, 0.15) is 0 Å². The summed E-state index contributed by atoms with van der Waals surface area (Å²) in [7, 11) is 0. The summed E-state index contributed by atoms with van der Waals surface area (Å²) in [6.45, 7) is 7.54. The molecule has 0 amide bonds. The number of thioether (sulfide) groups is 1. The number of ether oxygens (including phenoxy) is 2.